The van der Waals surface area contributed by atoms with E-state index in [9.17, 15) is 0 Å². The van der Waals surface area contributed by atoms with Crippen LogP contribution in [-0.4, -0.2) is 73.4 Å². The van der Waals surface area contributed by atoms with Crippen LogP contribution in [0, 0.1) is 11.3 Å². The zero-order valence-electron chi connectivity index (χ0n) is 18.1. The van der Waals surface area contributed by atoms with Gasteiger partial charge in [-0.2, -0.15) is 0 Å². The van der Waals surface area contributed by atoms with Crippen LogP contribution >= 0.6 is 0 Å². The lowest BCUT2D eigenvalue weighted by Crippen LogP contribution is -2.57. The molecule has 4 rings (SSSR count). The molecular formula is C23H43N3O. The third-order valence-corrected chi connectivity index (χ3v) is 7.35. The Balaban J connectivity index is 1.19. The third-order valence-electron chi connectivity index (χ3n) is 7.35. The molecule has 0 aromatic heterocycles. The molecule has 2 heterocycles. The lowest BCUT2D eigenvalue weighted by atomic mass is 9.86. The van der Waals surface area contributed by atoms with Crippen LogP contribution in [0.5, 0.6) is 0 Å². The number of hydrogen-bond acceptors (Lipinski definition) is 4. The number of nitrogens with one attached hydrogen (secondary N) is 1. The molecule has 2 saturated carbocycles. The Morgan fingerprint density at radius 3 is 2.22 bits per heavy atom. The van der Waals surface area contributed by atoms with Gasteiger partial charge in [0.05, 0.1) is 12.2 Å². The number of piperazine rings is 1. The highest BCUT2D eigenvalue weighted by atomic mass is 16.5. The topological polar surface area (TPSA) is 27.7 Å². The molecule has 0 radical (unpaired) electrons. The third kappa shape index (κ3) is 5.46. The van der Waals surface area contributed by atoms with Gasteiger partial charge in [-0.25, -0.2) is 0 Å². The molecule has 0 aromatic carbocycles. The Hall–Kier alpha value is -0.160. The summed E-state index contributed by atoms with van der Waals surface area (Å²) in [5.41, 5.74) is 0.964. The highest BCUT2D eigenvalue weighted by Crippen LogP contribution is 2.45. The van der Waals surface area contributed by atoms with E-state index in [1.807, 2.05) is 0 Å². The summed E-state index contributed by atoms with van der Waals surface area (Å²) >= 11 is 0. The van der Waals surface area contributed by atoms with Gasteiger partial charge in [0.25, 0.3) is 0 Å². The van der Waals surface area contributed by atoms with E-state index in [0.717, 1.165) is 19.0 Å². The summed E-state index contributed by atoms with van der Waals surface area (Å²) in [6.07, 6.45) is 11.7. The molecule has 1 spiro atoms. The van der Waals surface area contributed by atoms with Crippen molar-refractivity contribution in [1.82, 2.24) is 15.1 Å². The van der Waals surface area contributed by atoms with E-state index >= 15 is 0 Å². The van der Waals surface area contributed by atoms with Crippen molar-refractivity contribution in [3.05, 3.63) is 0 Å². The second-order valence-corrected chi connectivity index (χ2v) is 11.2. The van der Waals surface area contributed by atoms with Crippen molar-refractivity contribution in [3.8, 4) is 0 Å². The fourth-order valence-corrected chi connectivity index (χ4v) is 5.71. The normalized spacial score (nSPS) is 33.4. The molecule has 0 bridgehead atoms. The minimum atomic E-state index is 0.421. The molecule has 0 aromatic rings. The highest BCUT2D eigenvalue weighted by Gasteiger charge is 2.51. The lowest BCUT2D eigenvalue weighted by Gasteiger charge is -2.46. The van der Waals surface area contributed by atoms with Gasteiger partial charge >= 0.3 is 0 Å². The first-order valence-electron chi connectivity index (χ1n) is 11.8. The van der Waals surface area contributed by atoms with Crippen molar-refractivity contribution in [2.75, 3.05) is 45.8 Å². The van der Waals surface area contributed by atoms with Gasteiger partial charge in [-0.05, 0) is 75.8 Å². The van der Waals surface area contributed by atoms with E-state index in [1.165, 1.54) is 84.1 Å². The maximum Gasteiger partial charge on any atom is 0.0603 e. The van der Waals surface area contributed by atoms with E-state index in [-0.39, 0.29) is 0 Å². The molecule has 0 unspecified atom stereocenters. The molecule has 0 atom stereocenters. The fraction of sp³-hybridized carbons (Fsp3) is 1.00. The average Bonchev–Trinajstić information content (AvgIpc) is 3.39. The van der Waals surface area contributed by atoms with Gasteiger partial charge in [-0.3, -0.25) is 9.80 Å². The van der Waals surface area contributed by atoms with Crippen molar-refractivity contribution in [3.63, 3.8) is 0 Å². The molecule has 2 aliphatic heterocycles. The molecule has 156 valence electrons. The summed E-state index contributed by atoms with van der Waals surface area (Å²) in [4.78, 5) is 5.64. The fourth-order valence-electron chi connectivity index (χ4n) is 5.71. The number of piperidine rings is 1. The second-order valence-electron chi connectivity index (χ2n) is 11.2. The zero-order chi connectivity index (χ0) is 18.9. The first kappa shape index (κ1) is 20.1. The van der Waals surface area contributed by atoms with Crippen molar-refractivity contribution in [2.45, 2.75) is 89.9 Å². The molecule has 2 aliphatic carbocycles. The van der Waals surface area contributed by atoms with Gasteiger partial charge in [-0.1, -0.05) is 20.8 Å². The van der Waals surface area contributed by atoms with Crippen LogP contribution < -0.4 is 5.32 Å². The Kier molecular flexibility index (Phi) is 6.18. The van der Waals surface area contributed by atoms with Gasteiger partial charge in [0.15, 0.2) is 0 Å². The van der Waals surface area contributed by atoms with Crippen molar-refractivity contribution >= 4 is 0 Å². The minimum Gasteiger partial charge on any atom is -0.375 e. The largest absolute Gasteiger partial charge is 0.375 e. The quantitative estimate of drug-likeness (QED) is 0.793. The number of hydrogen-bond donors (Lipinski definition) is 1. The van der Waals surface area contributed by atoms with Crippen LogP contribution in [-0.2, 0) is 4.74 Å². The highest BCUT2D eigenvalue weighted by molar-refractivity contribution is 5.09. The van der Waals surface area contributed by atoms with E-state index in [4.69, 9.17) is 4.74 Å². The van der Waals surface area contributed by atoms with Crippen molar-refractivity contribution in [1.29, 1.82) is 0 Å². The molecule has 4 nitrogen and oxygen atoms in total. The van der Waals surface area contributed by atoms with Crippen LogP contribution in [0.4, 0.5) is 0 Å². The summed E-state index contributed by atoms with van der Waals surface area (Å²) in [6.45, 7) is 15.9. The van der Waals surface area contributed by atoms with Crippen molar-refractivity contribution < 1.29 is 4.74 Å². The zero-order valence-corrected chi connectivity index (χ0v) is 18.1. The second kappa shape index (κ2) is 8.30. The molecule has 27 heavy (non-hydrogen) atoms. The predicted molar refractivity (Wildman–Crippen MR) is 112 cm³/mol. The SMILES string of the molecule is CC(C)(C)CN1CCN(CC2CCC(OC3CCNCC3)CC2)CC12CC2. The Morgan fingerprint density at radius 1 is 0.926 bits per heavy atom. The standard InChI is InChI=1S/C23H43N3O/c1-22(2,3)17-26-15-14-25(18-23(26)10-11-23)16-19-4-6-20(7-5-19)27-21-8-12-24-13-9-21/h19-21,24H,4-18H2,1-3H3. The Bertz CT molecular complexity index is 471. The molecule has 4 fully saturated rings. The molecule has 0 amide bonds. The maximum atomic E-state index is 6.41. The summed E-state index contributed by atoms with van der Waals surface area (Å²) in [6, 6.07) is 0. The molecule has 2 saturated heterocycles. The first-order chi connectivity index (χ1) is 12.9. The van der Waals surface area contributed by atoms with E-state index in [0.29, 0.717) is 23.2 Å². The van der Waals surface area contributed by atoms with Gasteiger partial charge in [-0.15, -0.1) is 0 Å². The number of ether oxygens (including phenoxy) is 1. The monoisotopic (exact) mass is 377 g/mol. The van der Waals surface area contributed by atoms with Crippen LogP contribution in [0.25, 0.3) is 0 Å². The van der Waals surface area contributed by atoms with Gasteiger partial charge in [0, 0.05) is 38.3 Å². The summed E-state index contributed by atoms with van der Waals surface area (Å²) in [7, 11) is 0. The van der Waals surface area contributed by atoms with Crippen molar-refractivity contribution in [2.24, 2.45) is 11.3 Å². The average molecular weight is 378 g/mol. The van der Waals surface area contributed by atoms with Gasteiger partial charge in [0.1, 0.15) is 0 Å². The smallest absolute Gasteiger partial charge is 0.0603 e. The Morgan fingerprint density at radius 2 is 1.59 bits per heavy atom. The Labute approximate surface area is 167 Å². The number of rotatable bonds is 5. The van der Waals surface area contributed by atoms with E-state index in [1.54, 1.807) is 0 Å². The molecule has 1 N–H and O–H groups in total. The molecular weight excluding hydrogens is 334 g/mol. The summed E-state index contributed by atoms with van der Waals surface area (Å²) < 4.78 is 6.41. The summed E-state index contributed by atoms with van der Waals surface area (Å²) in [5, 5.41) is 3.44. The number of nitrogens with zero attached hydrogens (tertiary/aromatic N) is 2. The first-order valence-corrected chi connectivity index (χ1v) is 11.8. The lowest BCUT2D eigenvalue weighted by molar-refractivity contribution is -0.0516. The molecule has 4 aliphatic rings. The predicted octanol–water partition coefficient (Wildman–Crippen LogP) is 3.51. The minimum absolute atomic E-state index is 0.421. The van der Waals surface area contributed by atoms with Crippen LogP contribution in [0.1, 0.15) is 72.1 Å². The molecule has 4 heteroatoms. The maximum absolute atomic E-state index is 6.41. The van der Waals surface area contributed by atoms with Crippen LogP contribution in [0.3, 0.4) is 0 Å². The van der Waals surface area contributed by atoms with E-state index < -0.39 is 0 Å². The van der Waals surface area contributed by atoms with Crippen LogP contribution in [0.2, 0.25) is 0 Å². The van der Waals surface area contributed by atoms with Gasteiger partial charge in [0.2, 0.25) is 0 Å². The van der Waals surface area contributed by atoms with Gasteiger partial charge < -0.3 is 10.1 Å². The van der Waals surface area contributed by atoms with Crippen LogP contribution in [0.15, 0.2) is 0 Å². The van der Waals surface area contributed by atoms with E-state index in [2.05, 4.69) is 35.9 Å². The summed E-state index contributed by atoms with van der Waals surface area (Å²) in [5.74, 6) is 0.905.